The summed E-state index contributed by atoms with van der Waals surface area (Å²) in [6, 6.07) is 10.6. The number of hydrogen-bond acceptors (Lipinski definition) is 3. The molecule has 100 valence electrons. The molecule has 0 unspecified atom stereocenters. The van der Waals surface area contributed by atoms with E-state index in [1.54, 1.807) is 0 Å². The van der Waals surface area contributed by atoms with E-state index in [-0.39, 0.29) is 0 Å². The van der Waals surface area contributed by atoms with E-state index in [1.807, 2.05) is 26.4 Å². The SMILES string of the molecule is Cc1cc(N(C)C)ccc1-c1cc(N(C)C)ccn1. The first kappa shape index (κ1) is 13.4. The minimum absolute atomic E-state index is 1.02. The first-order valence-corrected chi connectivity index (χ1v) is 6.41. The Labute approximate surface area is 115 Å². The first-order valence-electron chi connectivity index (χ1n) is 6.41. The standard InChI is InChI=1S/C16H21N3/c1-12-10-13(18(2)3)6-7-15(12)16-11-14(19(4)5)8-9-17-16/h6-11H,1-5H3. The van der Waals surface area contributed by atoms with Crippen molar-refractivity contribution in [2.24, 2.45) is 0 Å². The van der Waals surface area contributed by atoms with Crippen LogP contribution in [0.4, 0.5) is 11.4 Å². The Kier molecular flexibility index (Phi) is 3.74. The molecular weight excluding hydrogens is 234 g/mol. The molecule has 0 N–H and O–H groups in total. The maximum Gasteiger partial charge on any atom is 0.0725 e. The van der Waals surface area contributed by atoms with Gasteiger partial charge in [0, 0.05) is 51.3 Å². The molecule has 0 radical (unpaired) electrons. The molecule has 1 aromatic carbocycles. The lowest BCUT2D eigenvalue weighted by molar-refractivity contribution is 1.12. The molecule has 19 heavy (non-hydrogen) atoms. The molecule has 1 aromatic heterocycles. The third-order valence-corrected chi connectivity index (χ3v) is 3.26. The molecule has 3 nitrogen and oxygen atoms in total. The Morgan fingerprint density at radius 1 is 0.842 bits per heavy atom. The van der Waals surface area contributed by atoms with Crippen LogP contribution in [-0.4, -0.2) is 33.2 Å². The Morgan fingerprint density at radius 3 is 2.05 bits per heavy atom. The number of benzene rings is 1. The van der Waals surface area contributed by atoms with Gasteiger partial charge in [0.05, 0.1) is 5.69 Å². The molecule has 0 fully saturated rings. The summed E-state index contributed by atoms with van der Waals surface area (Å²) in [5, 5.41) is 0. The van der Waals surface area contributed by atoms with E-state index in [4.69, 9.17) is 0 Å². The second-order valence-electron chi connectivity index (χ2n) is 5.19. The maximum absolute atomic E-state index is 4.49. The van der Waals surface area contributed by atoms with Crippen LogP contribution in [0.25, 0.3) is 11.3 Å². The molecule has 0 aliphatic carbocycles. The van der Waals surface area contributed by atoms with Gasteiger partial charge >= 0.3 is 0 Å². The summed E-state index contributed by atoms with van der Waals surface area (Å²) in [6.07, 6.45) is 1.87. The van der Waals surface area contributed by atoms with Gasteiger partial charge in [0.1, 0.15) is 0 Å². The lowest BCUT2D eigenvalue weighted by Gasteiger charge is -2.16. The van der Waals surface area contributed by atoms with Crippen molar-refractivity contribution in [3.05, 3.63) is 42.1 Å². The van der Waals surface area contributed by atoms with Crippen molar-refractivity contribution >= 4 is 11.4 Å². The average molecular weight is 255 g/mol. The highest BCUT2D eigenvalue weighted by atomic mass is 15.1. The topological polar surface area (TPSA) is 19.4 Å². The molecule has 0 spiro atoms. The molecule has 0 amide bonds. The zero-order chi connectivity index (χ0) is 14.0. The second kappa shape index (κ2) is 5.31. The summed E-state index contributed by atoms with van der Waals surface area (Å²) >= 11 is 0. The van der Waals surface area contributed by atoms with Crippen LogP contribution in [0.5, 0.6) is 0 Å². The van der Waals surface area contributed by atoms with Crippen molar-refractivity contribution in [2.45, 2.75) is 6.92 Å². The fourth-order valence-corrected chi connectivity index (χ4v) is 2.06. The van der Waals surface area contributed by atoms with Crippen LogP contribution in [0.2, 0.25) is 0 Å². The van der Waals surface area contributed by atoms with Crippen molar-refractivity contribution in [3.63, 3.8) is 0 Å². The molecule has 0 saturated carbocycles. The summed E-state index contributed by atoms with van der Waals surface area (Å²) in [6.45, 7) is 2.13. The van der Waals surface area contributed by atoms with Gasteiger partial charge in [-0.3, -0.25) is 4.98 Å². The third kappa shape index (κ3) is 2.87. The maximum atomic E-state index is 4.49. The van der Waals surface area contributed by atoms with Gasteiger partial charge in [0.2, 0.25) is 0 Å². The molecule has 2 rings (SSSR count). The van der Waals surface area contributed by atoms with Gasteiger partial charge in [-0.1, -0.05) is 6.07 Å². The molecule has 0 aliphatic rings. The van der Waals surface area contributed by atoms with E-state index in [9.17, 15) is 0 Å². The van der Waals surface area contributed by atoms with Gasteiger partial charge in [-0.15, -0.1) is 0 Å². The van der Waals surface area contributed by atoms with Gasteiger partial charge in [-0.2, -0.15) is 0 Å². The third-order valence-electron chi connectivity index (χ3n) is 3.26. The van der Waals surface area contributed by atoms with Crippen molar-refractivity contribution in [1.82, 2.24) is 4.98 Å². The largest absolute Gasteiger partial charge is 0.378 e. The summed E-state index contributed by atoms with van der Waals surface area (Å²) in [4.78, 5) is 8.69. The van der Waals surface area contributed by atoms with Crippen LogP contribution in [0.15, 0.2) is 36.5 Å². The number of rotatable bonds is 3. The summed E-state index contributed by atoms with van der Waals surface area (Å²) in [5.74, 6) is 0. The van der Waals surface area contributed by atoms with Crippen molar-refractivity contribution in [2.75, 3.05) is 38.0 Å². The van der Waals surface area contributed by atoms with E-state index in [1.165, 1.54) is 22.5 Å². The molecule has 0 saturated heterocycles. The summed E-state index contributed by atoms with van der Waals surface area (Å²) in [7, 11) is 8.20. The zero-order valence-corrected chi connectivity index (χ0v) is 12.3. The first-order chi connectivity index (χ1) is 8.99. The fourth-order valence-electron chi connectivity index (χ4n) is 2.06. The van der Waals surface area contributed by atoms with Crippen LogP contribution in [0, 0.1) is 6.92 Å². The zero-order valence-electron chi connectivity index (χ0n) is 12.3. The van der Waals surface area contributed by atoms with Gasteiger partial charge in [-0.05, 0) is 36.8 Å². The van der Waals surface area contributed by atoms with Crippen molar-refractivity contribution in [3.8, 4) is 11.3 Å². The number of hydrogen-bond donors (Lipinski definition) is 0. The fraction of sp³-hybridized carbons (Fsp3) is 0.312. The Hall–Kier alpha value is -2.03. The molecule has 0 bridgehead atoms. The normalized spacial score (nSPS) is 10.4. The lowest BCUT2D eigenvalue weighted by atomic mass is 10.0. The molecular formula is C16H21N3. The quantitative estimate of drug-likeness (QED) is 0.839. The smallest absolute Gasteiger partial charge is 0.0725 e. The highest BCUT2D eigenvalue weighted by Gasteiger charge is 2.06. The van der Waals surface area contributed by atoms with Crippen LogP contribution >= 0.6 is 0 Å². The minimum atomic E-state index is 1.02. The number of nitrogens with zero attached hydrogens (tertiary/aromatic N) is 3. The number of pyridine rings is 1. The highest BCUT2D eigenvalue weighted by molar-refractivity contribution is 5.70. The van der Waals surface area contributed by atoms with E-state index in [0.717, 1.165) is 5.69 Å². The molecule has 2 aromatic rings. The van der Waals surface area contributed by atoms with E-state index >= 15 is 0 Å². The number of aryl methyl sites for hydroxylation is 1. The minimum Gasteiger partial charge on any atom is -0.378 e. The Balaban J connectivity index is 2.44. The number of aromatic nitrogens is 1. The Morgan fingerprint density at radius 2 is 1.47 bits per heavy atom. The predicted octanol–water partition coefficient (Wildman–Crippen LogP) is 3.19. The molecule has 3 heteroatoms. The van der Waals surface area contributed by atoms with Gasteiger partial charge in [0.15, 0.2) is 0 Å². The van der Waals surface area contributed by atoms with Gasteiger partial charge < -0.3 is 9.80 Å². The highest BCUT2D eigenvalue weighted by Crippen LogP contribution is 2.27. The monoisotopic (exact) mass is 255 g/mol. The predicted molar refractivity (Wildman–Crippen MR) is 83.1 cm³/mol. The summed E-state index contributed by atoms with van der Waals surface area (Å²) < 4.78 is 0. The molecule has 1 heterocycles. The van der Waals surface area contributed by atoms with Crippen LogP contribution < -0.4 is 9.80 Å². The van der Waals surface area contributed by atoms with Gasteiger partial charge in [-0.25, -0.2) is 0 Å². The van der Waals surface area contributed by atoms with Gasteiger partial charge in [0.25, 0.3) is 0 Å². The van der Waals surface area contributed by atoms with Crippen molar-refractivity contribution < 1.29 is 0 Å². The van der Waals surface area contributed by atoms with E-state index < -0.39 is 0 Å². The summed E-state index contributed by atoms with van der Waals surface area (Å²) in [5.41, 5.74) is 5.84. The van der Waals surface area contributed by atoms with Crippen LogP contribution in [0.3, 0.4) is 0 Å². The van der Waals surface area contributed by atoms with E-state index in [2.05, 4.69) is 60.1 Å². The van der Waals surface area contributed by atoms with Crippen molar-refractivity contribution in [1.29, 1.82) is 0 Å². The Bertz CT molecular complexity index is 574. The number of anilines is 2. The lowest BCUT2D eigenvalue weighted by Crippen LogP contribution is -2.09. The van der Waals surface area contributed by atoms with E-state index in [0.29, 0.717) is 0 Å². The molecule has 0 atom stereocenters. The second-order valence-corrected chi connectivity index (χ2v) is 5.19. The molecule has 0 aliphatic heterocycles. The van der Waals surface area contributed by atoms with Crippen LogP contribution in [0.1, 0.15) is 5.56 Å². The average Bonchev–Trinajstić information content (AvgIpc) is 2.38. The van der Waals surface area contributed by atoms with Crippen LogP contribution in [-0.2, 0) is 0 Å².